The summed E-state index contributed by atoms with van der Waals surface area (Å²) in [7, 11) is 0. The molecule has 3 rings (SSSR count). The van der Waals surface area contributed by atoms with Crippen molar-refractivity contribution >= 4 is 23.2 Å². The van der Waals surface area contributed by atoms with Gasteiger partial charge in [-0.25, -0.2) is 0 Å². The molecule has 0 spiro atoms. The van der Waals surface area contributed by atoms with Crippen LogP contribution in [0.25, 0.3) is 0 Å². The highest BCUT2D eigenvalue weighted by Crippen LogP contribution is 2.29. The fourth-order valence-electron chi connectivity index (χ4n) is 3.09. The van der Waals surface area contributed by atoms with Crippen molar-refractivity contribution in [3.63, 3.8) is 0 Å². The Labute approximate surface area is 160 Å². The molecule has 0 radical (unpaired) electrons. The number of fused-ring (bicyclic) bond motifs is 1. The highest BCUT2D eigenvalue weighted by Gasteiger charge is 2.24. The van der Waals surface area contributed by atoms with Crippen LogP contribution in [0.15, 0.2) is 48.5 Å². The molecule has 2 N–H and O–H groups in total. The Kier molecular flexibility index (Phi) is 5.79. The van der Waals surface area contributed by atoms with Gasteiger partial charge in [0.2, 0.25) is 5.91 Å². The Morgan fingerprint density at radius 1 is 1.04 bits per heavy atom. The van der Waals surface area contributed by atoms with Crippen LogP contribution in [-0.4, -0.2) is 30.9 Å². The maximum atomic E-state index is 12.8. The minimum atomic E-state index is -0.0370. The van der Waals surface area contributed by atoms with Crippen molar-refractivity contribution < 1.29 is 9.59 Å². The number of nitrogens with one attached hydrogen (secondary N) is 2. The van der Waals surface area contributed by atoms with Crippen LogP contribution in [0, 0.1) is 5.92 Å². The summed E-state index contributed by atoms with van der Waals surface area (Å²) in [4.78, 5) is 26.6. The van der Waals surface area contributed by atoms with Gasteiger partial charge in [-0.1, -0.05) is 32.0 Å². The maximum Gasteiger partial charge on any atom is 0.258 e. The molecule has 2 aromatic rings. The molecule has 1 heterocycles. The summed E-state index contributed by atoms with van der Waals surface area (Å²) in [5.41, 5.74) is 3.68. The third-order valence-electron chi connectivity index (χ3n) is 5.11. The number of para-hydroxylation sites is 1. The number of nitrogens with zero attached hydrogens (tertiary/aromatic N) is 1. The Morgan fingerprint density at radius 3 is 2.44 bits per heavy atom. The molecule has 0 fully saturated rings. The van der Waals surface area contributed by atoms with Crippen LogP contribution in [-0.2, 0) is 11.2 Å². The standard InChI is InChI=1S/C22H27N3O2/c1-15(2)16(3)24-21(26)14-23-19-10-8-18(9-11-19)22(27)25-13-12-17-6-4-5-7-20(17)25/h4-11,15-16,23H,12-14H2,1-3H3,(H,24,26). The Hall–Kier alpha value is -2.82. The van der Waals surface area contributed by atoms with Gasteiger partial charge in [-0.05, 0) is 55.2 Å². The van der Waals surface area contributed by atoms with Crippen molar-refractivity contribution in [3.05, 3.63) is 59.7 Å². The van der Waals surface area contributed by atoms with Crippen LogP contribution in [0.1, 0.15) is 36.7 Å². The topological polar surface area (TPSA) is 61.4 Å². The number of anilines is 2. The number of carbonyl (C=O) groups is 2. The van der Waals surface area contributed by atoms with E-state index in [0.29, 0.717) is 18.0 Å². The first-order valence-electron chi connectivity index (χ1n) is 9.49. The zero-order chi connectivity index (χ0) is 19.4. The molecule has 27 heavy (non-hydrogen) atoms. The van der Waals surface area contributed by atoms with Gasteiger partial charge < -0.3 is 15.5 Å². The zero-order valence-corrected chi connectivity index (χ0v) is 16.2. The Bertz CT molecular complexity index is 815. The lowest BCUT2D eigenvalue weighted by Crippen LogP contribution is -2.39. The van der Waals surface area contributed by atoms with Gasteiger partial charge in [0.1, 0.15) is 0 Å². The second-order valence-electron chi connectivity index (χ2n) is 7.37. The molecule has 1 aliphatic rings. The summed E-state index contributed by atoms with van der Waals surface area (Å²) in [6.45, 7) is 7.08. The van der Waals surface area contributed by atoms with Crippen molar-refractivity contribution in [2.45, 2.75) is 33.2 Å². The van der Waals surface area contributed by atoms with Gasteiger partial charge in [-0.15, -0.1) is 0 Å². The summed E-state index contributed by atoms with van der Waals surface area (Å²) < 4.78 is 0. The van der Waals surface area contributed by atoms with E-state index in [2.05, 4.69) is 30.5 Å². The molecule has 142 valence electrons. The molecular weight excluding hydrogens is 338 g/mol. The lowest BCUT2D eigenvalue weighted by Gasteiger charge is -2.18. The van der Waals surface area contributed by atoms with Crippen LogP contribution in [0.5, 0.6) is 0 Å². The van der Waals surface area contributed by atoms with Crippen molar-refractivity contribution in [2.75, 3.05) is 23.3 Å². The molecule has 1 atom stereocenters. The molecule has 0 saturated heterocycles. The third kappa shape index (κ3) is 4.48. The molecule has 2 aromatic carbocycles. The molecule has 0 aliphatic carbocycles. The molecule has 0 saturated carbocycles. The van der Waals surface area contributed by atoms with Crippen LogP contribution in [0.3, 0.4) is 0 Å². The second-order valence-corrected chi connectivity index (χ2v) is 7.37. The summed E-state index contributed by atoms with van der Waals surface area (Å²) >= 11 is 0. The van der Waals surface area contributed by atoms with Gasteiger partial charge >= 0.3 is 0 Å². The van der Waals surface area contributed by atoms with Crippen molar-refractivity contribution in [1.82, 2.24) is 5.32 Å². The average molecular weight is 365 g/mol. The minimum absolute atomic E-state index is 0.00926. The second kappa shape index (κ2) is 8.25. The largest absolute Gasteiger partial charge is 0.376 e. The zero-order valence-electron chi connectivity index (χ0n) is 16.2. The van der Waals surface area contributed by atoms with Gasteiger partial charge in [0.05, 0.1) is 6.54 Å². The summed E-state index contributed by atoms with van der Waals surface area (Å²) in [5, 5.41) is 6.07. The van der Waals surface area contributed by atoms with E-state index < -0.39 is 0 Å². The van der Waals surface area contributed by atoms with Crippen LogP contribution in [0.4, 0.5) is 11.4 Å². The van der Waals surface area contributed by atoms with E-state index in [1.54, 1.807) is 12.1 Å². The molecule has 5 heteroatoms. The lowest BCUT2D eigenvalue weighted by atomic mass is 10.1. The predicted octanol–water partition coefficient (Wildman–Crippen LogP) is 3.46. The number of amides is 2. The normalized spacial score (nSPS) is 14.0. The van der Waals surface area contributed by atoms with Crippen molar-refractivity contribution in [2.24, 2.45) is 5.92 Å². The quantitative estimate of drug-likeness (QED) is 0.824. The smallest absolute Gasteiger partial charge is 0.258 e. The average Bonchev–Trinajstić information content (AvgIpc) is 3.10. The van der Waals surface area contributed by atoms with E-state index in [1.165, 1.54) is 5.56 Å². The lowest BCUT2D eigenvalue weighted by molar-refractivity contribution is -0.120. The fraction of sp³-hybridized carbons (Fsp3) is 0.364. The molecule has 1 unspecified atom stereocenters. The summed E-state index contributed by atoms with van der Waals surface area (Å²) in [6.07, 6.45) is 0.894. The van der Waals surface area contributed by atoms with Crippen LogP contribution in [0.2, 0.25) is 0 Å². The third-order valence-corrected chi connectivity index (χ3v) is 5.11. The van der Waals surface area contributed by atoms with E-state index in [4.69, 9.17) is 0 Å². The van der Waals surface area contributed by atoms with Crippen LogP contribution < -0.4 is 15.5 Å². The molecule has 5 nitrogen and oxygen atoms in total. The molecule has 0 bridgehead atoms. The highest BCUT2D eigenvalue weighted by molar-refractivity contribution is 6.07. The number of carbonyl (C=O) groups excluding carboxylic acids is 2. The maximum absolute atomic E-state index is 12.8. The molecule has 2 amide bonds. The predicted molar refractivity (Wildman–Crippen MR) is 109 cm³/mol. The highest BCUT2D eigenvalue weighted by atomic mass is 16.2. The number of hydrogen-bond acceptors (Lipinski definition) is 3. The Morgan fingerprint density at radius 2 is 1.74 bits per heavy atom. The van der Waals surface area contributed by atoms with Crippen molar-refractivity contribution in [3.8, 4) is 0 Å². The SMILES string of the molecule is CC(C)C(C)NC(=O)CNc1ccc(C(=O)N2CCc3ccccc32)cc1. The number of hydrogen-bond donors (Lipinski definition) is 2. The number of benzene rings is 2. The first-order chi connectivity index (χ1) is 13.0. The van der Waals surface area contributed by atoms with E-state index in [1.807, 2.05) is 42.2 Å². The van der Waals surface area contributed by atoms with Gasteiger partial charge in [-0.3, -0.25) is 9.59 Å². The van der Waals surface area contributed by atoms with Gasteiger partial charge in [0, 0.05) is 29.5 Å². The fourth-order valence-corrected chi connectivity index (χ4v) is 3.09. The monoisotopic (exact) mass is 365 g/mol. The van der Waals surface area contributed by atoms with Gasteiger partial charge in [-0.2, -0.15) is 0 Å². The van der Waals surface area contributed by atoms with Gasteiger partial charge in [0.25, 0.3) is 5.91 Å². The van der Waals surface area contributed by atoms with E-state index in [9.17, 15) is 9.59 Å². The Balaban J connectivity index is 1.58. The van der Waals surface area contributed by atoms with E-state index in [-0.39, 0.29) is 24.4 Å². The summed E-state index contributed by atoms with van der Waals surface area (Å²) in [5.74, 6) is 0.370. The molecule has 0 aromatic heterocycles. The van der Waals surface area contributed by atoms with Crippen LogP contribution >= 0.6 is 0 Å². The minimum Gasteiger partial charge on any atom is -0.376 e. The van der Waals surface area contributed by atoms with Gasteiger partial charge in [0.15, 0.2) is 0 Å². The molecule has 1 aliphatic heterocycles. The van der Waals surface area contributed by atoms with E-state index >= 15 is 0 Å². The van der Waals surface area contributed by atoms with E-state index in [0.717, 1.165) is 17.8 Å². The first kappa shape index (κ1) is 19.0. The van der Waals surface area contributed by atoms with Crippen molar-refractivity contribution in [1.29, 1.82) is 0 Å². The number of rotatable bonds is 6. The first-order valence-corrected chi connectivity index (χ1v) is 9.49. The molecular formula is C22H27N3O2. The summed E-state index contributed by atoms with van der Waals surface area (Å²) in [6, 6.07) is 15.5.